The number of para-hydroxylation sites is 1. The molecule has 0 amide bonds. The van der Waals surface area contributed by atoms with Crippen molar-refractivity contribution in [2.24, 2.45) is 5.73 Å². The summed E-state index contributed by atoms with van der Waals surface area (Å²) in [7, 11) is 0. The van der Waals surface area contributed by atoms with Gasteiger partial charge in [-0.2, -0.15) is 0 Å². The van der Waals surface area contributed by atoms with Crippen LogP contribution in [0.15, 0.2) is 35.1 Å². The molecule has 0 atom stereocenters. The van der Waals surface area contributed by atoms with Crippen molar-refractivity contribution in [1.29, 1.82) is 0 Å². The Morgan fingerprint density at radius 2 is 2.14 bits per heavy atom. The van der Waals surface area contributed by atoms with Gasteiger partial charge in [0.1, 0.15) is 18.2 Å². The minimum absolute atomic E-state index is 0.153. The van der Waals surface area contributed by atoms with Crippen LogP contribution in [0.2, 0.25) is 0 Å². The fourth-order valence-electron chi connectivity index (χ4n) is 2.13. The fourth-order valence-corrected chi connectivity index (χ4v) is 2.13. The number of aromatic nitrogens is 2. The Labute approximate surface area is 124 Å². The summed E-state index contributed by atoms with van der Waals surface area (Å²) >= 11 is 0. The highest BCUT2D eigenvalue weighted by Crippen LogP contribution is 2.19. The summed E-state index contributed by atoms with van der Waals surface area (Å²) in [6.07, 6.45) is 2.42. The van der Waals surface area contributed by atoms with Gasteiger partial charge < -0.3 is 15.5 Å². The Balaban J connectivity index is 2.09. The zero-order valence-corrected chi connectivity index (χ0v) is 12.3. The largest absolute Gasteiger partial charge is 0.485 e. The zero-order valence-electron chi connectivity index (χ0n) is 12.3. The summed E-state index contributed by atoms with van der Waals surface area (Å²) in [5.41, 5.74) is 7.22. The highest BCUT2D eigenvalue weighted by molar-refractivity contribution is 5.33. The molecule has 0 aliphatic rings. The van der Waals surface area contributed by atoms with Gasteiger partial charge in [-0.15, -0.1) is 0 Å². The van der Waals surface area contributed by atoms with E-state index in [9.17, 15) is 4.79 Å². The van der Waals surface area contributed by atoms with Crippen LogP contribution in [0, 0.1) is 0 Å². The van der Waals surface area contributed by atoms with Crippen molar-refractivity contribution in [3.8, 4) is 5.75 Å². The number of H-pyrrole nitrogens is 1. The number of nitrogens with two attached hydrogens (primary N) is 1. The molecule has 0 radical (unpaired) electrons. The van der Waals surface area contributed by atoms with E-state index in [1.807, 2.05) is 24.3 Å². The van der Waals surface area contributed by atoms with E-state index in [1.54, 1.807) is 0 Å². The molecule has 21 heavy (non-hydrogen) atoms. The van der Waals surface area contributed by atoms with Crippen LogP contribution in [0.25, 0.3) is 0 Å². The second-order valence-corrected chi connectivity index (χ2v) is 4.83. The Bertz CT molecular complexity index is 637. The van der Waals surface area contributed by atoms with Crippen LogP contribution in [0.1, 0.15) is 30.4 Å². The Morgan fingerprint density at radius 1 is 1.33 bits per heavy atom. The summed E-state index contributed by atoms with van der Waals surface area (Å²) < 4.78 is 5.77. The third-order valence-electron chi connectivity index (χ3n) is 3.20. The van der Waals surface area contributed by atoms with E-state index in [2.05, 4.69) is 16.9 Å². The van der Waals surface area contributed by atoms with Gasteiger partial charge >= 0.3 is 0 Å². The van der Waals surface area contributed by atoms with Crippen LogP contribution < -0.4 is 16.0 Å². The predicted molar refractivity (Wildman–Crippen MR) is 82.4 cm³/mol. The highest BCUT2D eigenvalue weighted by atomic mass is 16.5. The van der Waals surface area contributed by atoms with Gasteiger partial charge in [-0.05, 0) is 37.4 Å². The lowest BCUT2D eigenvalue weighted by molar-refractivity contribution is 0.292. The van der Waals surface area contributed by atoms with Crippen LogP contribution in [-0.4, -0.2) is 16.5 Å². The molecular formula is C16H21N3O2. The van der Waals surface area contributed by atoms with Gasteiger partial charge in [-0.25, -0.2) is 4.98 Å². The first-order valence-electron chi connectivity index (χ1n) is 7.22. The number of ether oxygens (including phenoxy) is 1. The molecular weight excluding hydrogens is 266 g/mol. The number of aryl methyl sites for hydroxylation is 2. The van der Waals surface area contributed by atoms with E-state index in [0.717, 1.165) is 29.8 Å². The average molecular weight is 287 g/mol. The molecule has 0 unspecified atom stereocenters. The first-order valence-corrected chi connectivity index (χ1v) is 7.22. The second-order valence-electron chi connectivity index (χ2n) is 4.83. The van der Waals surface area contributed by atoms with Crippen LogP contribution in [0.4, 0.5) is 0 Å². The molecule has 0 saturated carbocycles. The van der Waals surface area contributed by atoms with E-state index >= 15 is 0 Å². The molecule has 2 rings (SSSR count). The van der Waals surface area contributed by atoms with Gasteiger partial charge in [-0.1, -0.05) is 25.1 Å². The summed E-state index contributed by atoms with van der Waals surface area (Å²) in [4.78, 5) is 18.7. The summed E-state index contributed by atoms with van der Waals surface area (Å²) in [6.45, 7) is 2.92. The van der Waals surface area contributed by atoms with E-state index in [0.29, 0.717) is 18.8 Å². The van der Waals surface area contributed by atoms with Gasteiger partial charge in [0.2, 0.25) is 0 Å². The van der Waals surface area contributed by atoms with Crippen molar-refractivity contribution in [3.63, 3.8) is 0 Å². The molecule has 0 spiro atoms. The number of hydrogen-bond donors (Lipinski definition) is 2. The minimum atomic E-state index is -0.153. The van der Waals surface area contributed by atoms with Crippen LogP contribution in [-0.2, 0) is 19.4 Å². The van der Waals surface area contributed by atoms with Crippen LogP contribution in [0.5, 0.6) is 5.75 Å². The van der Waals surface area contributed by atoms with Gasteiger partial charge in [0, 0.05) is 11.8 Å². The molecule has 2 aromatic rings. The molecule has 112 valence electrons. The predicted octanol–water partition coefficient (Wildman–Crippen LogP) is 1.80. The van der Waals surface area contributed by atoms with Gasteiger partial charge in [0.05, 0.1) is 0 Å². The molecule has 1 heterocycles. The molecule has 0 fully saturated rings. The SMILES string of the molecule is CCc1ccccc1OCc1nc(CCCN)cc(=O)[nH]1. The highest BCUT2D eigenvalue weighted by Gasteiger charge is 2.05. The smallest absolute Gasteiger partial charge is 0.251 e. The quantitative estimate of drug-likeness (QED) is 0.813. The maximum absolute atomic E-state index is 11.6. The van der Waals surface area contributed by atoms with Crippen LogP contribution in [0.3, 0.4) is 0 Å². The number of nitrogens with zero attached hydrogens (tertiary/aromatic N) is 1. The van der Waals surface area contributed by atoms with Crippen molar-refractivity contribution in [2.45, 2.75) is 32.8 Å². The first kappa shape index (κ1) is 15.3. The Morgan fingerprint density at radius 3 is 2.90 bits per heavy atom. The van der Waals surface area contributed by atoms with Gasteiger partial charge in [0.15, 0.2) is 0 Å². The minimum Gasteiger partial charge on any atom is -0.485 e. The van der Waals surface area contributed by atoms with Crippen molar-refractivity contribution in [1.82, 2.24) is 9.97 Å². The monoisotopic (exact) mass is 287 g/mol. The molecule has 1 aromatic carbocycles. The van der Waals surface area contributed by atoms with E-state index in [4.69, 9.17) is 10.5 Å². The fraction of sp³-hybridized carbons (Fsp3) is 0.375. The molecule has 0 saturated heterocycles. The van der Waals surface area contributed by atoms with Crippen molar-refractivity contribution < 1.29 is 4.74 Å². The van der Waals surface area contributed by atoms with Crippen molar-refractivity contribution in [3.05, 3.63) is 57.8 Å². The van der Waals surface area contributed by atoms with E-state index in [1.165, 1.54) is 6.07 Å². The molecule has 0 aliphatic carbocycles. The molecule has 0 aliphatic heterocycles. The third kappa shape index (κ3) is 4.43. The van der Waals surface area contributed by atoms with Crippen molar-refractivity contribution in [2.75, 3.05) is 6.54 Å². The van der Waals surface area contributed by atoms with Gasteiger partial charge in [0.25, 0.3) is 5.56 Å². The average Bonchev–Trinajstić information content (AvgIpc) is 2.50. The first-order chi connectivity index (χ1) is 10.2. The topological polar surface area (TPSA) is 81.0 Å². The summed E-state index contributed by atoms with van der Waals surface area (Å²) in [5.74, 6) is 1.37. The third-order valence-corrected chi connectivity index (χ3v) is 3.20. The Kier molecular flexibility index (Phi) is 5.51. The normalized spacial score (nSPS) is 10.6. The van der Waals surface area contributed by atoms with Crippen molar-refractivity contribution >= 4 is 0 Å². The maximum Gasteiger partial charge on any atom is 0.251 e. The number of rotatable bonds is 7. The Hall–Kier alpha value is -2.14. The summed E-state index contributed by atoms with van der Waals surface area (Å²) in [6, 6.07) is 9.39. The lowest BCUT2D eigenvalue weighted by Gasteiger charge is -2.10. The standard InChI is InChI=1S/C16H21N3O2/c1-2-12-6-3-4-8-14(12)21-11-15-18-13(7-5-9-17)10-16(20)19-15/h3-4,6,8,10H,2,5,7,9,11,17H2,1H3,(H,18,19,20). The number of benzene rings is 1. The molecule has 1 aromatic heterocycles. The summed E-state index contributed by atoms with van der Waals surface area (Å²) in [5, 5.41) is 0. The molecule has 3 N–H and O–H groups in total. The zero-order chi connectivity index (χ0) is 15.1. The molecule has 5 nitrogen and oxygen atoms in total. The number of nitrogens with one attached hydrogen (secondary N) is 1. The number of aromatic amines is 1. The lowest BCUT2D eigenvalue weighted by Crippen LogP contribution is -2.15. The molecule has 5 heteroatoms. The van der Waals surface area contributed by atoms with Crippen LogP contribution >= 0.6 is 0 Å². The number of hydrogen-bond acceptors (Lipinski definition) is 4. The second kappa shape index (κ2) is 7.59. The maximum atomic E-state index is 11.6. The molecule has 0 bridgehead atoms. The van der Waals surface area contributed by atoms with E-state index in [-0.39, 0.29) is 12.2 Å². The lowest BCUT2D eigenvalue weighted by atomic mass is 10.1. The van der Waals surface area contributed by atoms with Gasteiger partial charge in [-0.3, -0.25) is 4.79 Å². The van der Waals surface area contributed by atoms with E-state index < -0.39 is 0 Å².